The van der Waals surface area contributed by atoms with Gasteiger partial charge in [-0.05, 0) is 43.9 Å². The van der Waals surface area contributed by atoms with Crippen molar-refractivity contribution in [2.75, 3.05) is 19.5 Å². The summed E-state index contributed by atoms with van der Waals surface area (Å²) < 4.78 is 19.2. The number of ether oxygens (including phenoxy) is 1. The first-order chi connectivity index (χ1) is 16.4. The van der Waals surface area contributed by atoms with E-state index in [1.807, 2.05) is 24.6 Å². The molecule has 2 aromatic heterocycles. The molecule has 7 nitrogen and oxygen atoms in total. The molecule has 1 amide bonds. The van der Waals surface area contributed by atoms with Crippen molar-refractivity contribution in [1.82, 2.24) is 20.1 Å². The molecule has 0 bridgehead atoms. The van der Waals surface area contributed by atoms with E-state index in [2.05, 4.69) is 35.8 Å². The summed E-state index contributed by atoms with van der Waals surface area (Å²) in [5, 5.41) is 7.68. The van der Waals surface area contributed by atoms with Crippen LogP contribution in [0.4, 0.5) is 0 Å². The molecular formula is C26H38N4O3S. The third-order valence-electron chi connectivity index (χ3n) is 5.57. The van der Waals surface area contributed by atoms with Crippen LogP contribution >= 0.6 is 0 Å². The van der Waals surface area contributed by atoms with Crippen molar-refractivity contribution in [3.05, 3.63) is 54.1 Å². The van der Waals surface area contributed by atoms with E-state index >= 15 is 0 Å². The third kappa shape index (κ3) is 6.96. The average Bonchev–Trinajstić information content (AvgIpc) is 3.27. The highest BCUT2D eigenvalue weighted by Crippen LogP contribution is 2.28. The van der Waals surface area contributed by atoms with Gasteiger partial charge in [0.25, 0.3) is 5.91 Å². The van der Waals surface area contributed by atoms with Crippen molar-refractivity contribution in [2.45, 2.75) is 70.4 Å². The number of hydrogen-bond donors (Lipinski definition) is 1. The number of hydrogen-bond acceptors (Lipinski definition) is 5. The van der Waals surface area contributed by atoms with Crippen LogP contribution in [-0.4, -0.2) is 44.4 Å². The van der Waals surface area contributed by atoms with E-state index in [9.17, 15) is 9.00 Å². The lowest BCUT2D eigenvalue weighted by molar-refractivity contribution is -0.116. The lowest BCUT2D eigenvalue weighted by atomic mass is 10.0. The van der Waals surface area contributed by atoms with Gasteiger partial charge in [-0.1, -0.05) is 39.8 Å². The molecule has 186 valence electrons. The van der Waals surface area contributed by atoms with Gasteiger partial charge >= 0.3 is 0 Å². The van der Waals surface area contributed by atoms with Crippen molar-refractivity contribution < 1.29 is 13.7 Å². The predicted octanol–water partition coefficient (Wildman–Crippen LogP) is 5.10. The van der Waals surface area contributed by atoms with Gasteiger partial charge in [-0.2, -0.15) is 5.10 Å². The zero-order valence-electron chi connectivity index (χ0n) is 21.0. The SMILES string of the molecule is C=Cc1c(/C(=C\C)C(=O)NC(CC)c2cncc(S(C)=O)c2)cnn1C1CCOCC1.CCC. The van der Waals surface area contributed by atoms with Crippen LogP contribution in [0.15, 0.2) is 42.2 Å². The maximum absolute atomic E-state index is 13.2. The number of allylic oxidation sites excluding steroid dienone is 1. The first kappa shape index (κ1) is 27.7. The largest absolute Gasteiger partial charge is 0.381 e. The Labute approximate surface area is 206 Å². The standard InChI is InChI=1S/C23H30N4O3S.C3H8/c1-5-19(20-15-25-27(22(20)7-3)17-8-10-30-11-9-17)23(28)26-21(6-2)16-12-18(31(4)29)14-24-13-16;1-3-2/h5,7,12-15,17,21H,3,6,8-11H2,1-2,4H3,(H,26,28);3H2,1-2H3/b19-5+;. The summed E-state index contributed by atoms with van der Waals surface area (Å²) in [6, 6.07) is 1.84. The van der Waals surface area contributed by atoms with Crippen LogP contribution in [0.25, 0.3) is 11.6 Å². The third-order valence-corrected chi connectivity index (χ3v) is 6.46. The molecule has 0 aromatic carbocycles. The molecule has 2 atom stereocenters. The second-order valence-electron chi connectivity index (χ2n) is 8.19. The number of carbonyl (C=O) groups excluding carboxylic acids is 1. The minimum absolute atomic E-state index is 0.188. The minimum atomic E-state index is -1.13. The molecule has 0 aliphatic carbocycles. The highest BCUT2D eigenvalue weighted by molar-refractivity contribution is 7.84. The van der Waals surface area contributed by atoms with E-state index in [-0.39, 0.29) is 18.0 Å². The molecule has 1 N–H and O–H groups in total. The fourth-order valence-electron chi connectivity index (χ4n) is 3.85. The number of rotatable bonds is 8. The maximum Gasteiger partial charge on any atom is 0.252 e. The minimum Gasteiger partial charge on any atom is -0.381 e. The highest BCUT2D eigenvalue weighted by atomic mass is 32.2. The summed E-state index contributed by atoms with van der Waals surface area (Å²) in [6.45, 7) is 13.5. The zero-order chi connectivity index (χ0) is 25.1. The van der Waals surface area contributed by atoms with Crippen LogP contribution < -0.4 is 5.32 Å². The second-order valence-corrected chi connectivity index (χ2v) is 9.57. The molecule has 1 saturated heterocycles. The van der Waals surface area contributed by atoms with Gasteiger partial charge in [-0.15, -0.1) is 0 Å². The molecule has 3 rings (SSSR count). The Bertz CT molecular complexity index is 1010. The first-order valence-electron chi connectivity index (χ1n) is 11.9. The summed E-state index contributed by atoms with van der Waals surface area (Å²) in [4.78, 5) is 18.1. The van der Waals surface area contributed by atoms with Gasteiger partial charge in [0, 0.05) is 43.0 Å². The number of carbonyl (C=O) groups is 1. The summed E-state index contributed by atoms with van der Waals surface area (Å²) in [5.41, 5.74) is 2.99. The van der Waals surface area contributed by atoms with E-state index in [1.54, 1.807) is 37.0 Å². The summed E-state index contributed by atoms with van der Waals surface area (Å²) in [5.74, 6) is -0.188. The van der Waals surface area contributed by atoms with Crippen molar-refractivity contribution in [3.63, 3.8) is 0 Å². The van der Waals surface area contributed by atoms with E-state index in [0.717, 1.165) is 29.7 Å². The number of nitrogens with zero attached hydrogens (tertiary/aromatic N) is 3. The highest BCUT2D eigenvalue weighted by Gasteiger charge is 2.24. The Morgan fingerprint density at radius 3 is 2.53 bits per heavy atom. The van der Waals surface area contributed by atoms with Crippen LogP contribution in [0.1, 0.15) is 82.3 Å². The Morgan fingerprint density at radius 2 is 1.97 bits per heavy atom. The number of amides is 1. The molecule has 0 saturated carbocycles. The van der Waals surface area contributed by atoms with E-state index in [1.165, 1.54) is 6.42 Å². The normalized spacial score (nSPS) is 16.2. The van der Waals surface area contributed by atoms with Crippen molar-refractivity contribution in [2.24, 2.45) is 0 Å². The van der Waals surface area contributed by atoms with Crippen LogP contribution in [0.5, 0.6) is 0 Å². The molecule has 3 heterocycles. The van der Waals surface area contributed by atoms with Gasteiger partial charge in [0.1, 0.15) is 0 Å². The first-order valence-corrected chi connectivity index (χ1v) is 13.5. The molecule has 8 heteroatoms. The van der Waals surface area contributed by atoms with Gasteiger partial charge in [-0.3, -0.25) is 18.7 Å². The van der Waals surface area contributed by atoms with Crippen LogP contribution in [-0.2, 0) is 20.3 Å². The Morgan fingerprint density at radius 1 is 1.29 bits per heavy atom. The zero-order valence-corrected chi connectivity index (χ0v) is 21.9. The fourth-order valence-corrected chi connectivity index (χ4v) is 4.36. The number of nitrogens with one attached hydrogen (secondary N) is 1. The monoisotopic (exact) mass is 486 g/mol. The maximum atomic E-state index is 13.2. The van der Waals surface area contributed by atoms with Crippen molar-refractivity contribution >= 4 is 28.4 Å². The van der Waals surface area contributed by atoms with Crippen LogP contribution in [0.3, 0.4) is 0 Å². The molecule has 34 heavy (non-hydrogen) atoms. The van der Waals surface area contributed by atoms with Crippen molar-refractivity contribution in [3.8, 4) is 0 Å². The van der Waals surface area contributed by atoms with Gasteiger partial charge in [0.15, 0.2) is 0 Å². The van der Waals surface area contributed by atoms with Crippen LogP contribution in [0, 0.1) is 0 Å². The summed E-state index contributed by atoms with van der Waals surface area (Å²) >= 11 is 0. The quantitative estimate of drug-likeness (QED) is 0.525. The Balaban J connectivity index is 0.00000129. The average molecular weight is 487 g/mol. The summed E-state index contributed by atoms with van der Waals surface area (Å²) in [6.07, 6.45) is 13.9. The molecule has 1 aliphatic rings. The lowest BCUT2D eigenvalue weighted by Gasteiger charge is -2.24. The molecule has 2 aromatic rings. The van der Waals surface area contributed by atoms with Gasteiger partial charge in [0.2, 0.25) is 0 Å². The summed E-state index contributed by atoms with van der Waals surface area (Å²) in [7, 11) is -1.13. The molecule has 0 radical (unpaired) electrons. The number of pyridine rings is 1. The molecular weight excluding hydrogens is 448 g/mol. The Hall–Kier alpha value is -2.58. The Kier molecular flexibility index (Phi) is 11.4. The van der Waals surface area contributed by atoms with Crippen LogP contribution in [0.2, 0.25) is 0 Å². The lowest BCUT2D eigenvalue weighted by Crippen LogP contribution is -2.29. The molecule has 1 aliphatic heterocycles. The molecule has 1 fully saturated rings. The van der Waals surface area contributed by atoms with E-state index in [4.69, 9.17) is 4.74 Å². The fraction of sp³-hybridized carbons (Fsp3) is 0.500. The number of aromatic nitrogens is 3. The van der Waals surface area contributed by atoms with Gasteiger partial charge < -0.3 is 10.1 Å². The van der Waals surface area contributed by atoms with Gasteiger partial charge in [0.05, 0.1) is 39.7 Å². The molecule has 2 unspecified atom stereocenters. The van der Waals surface area contributed by atoms with Crippen molar-refractivity contribution in [1.29, 1.82) is 0 Å². The topological polar surface area (TPSA) is 86.1 Å². The van der Waals surface area contributed by atoms with E-state index in [0.29, 0.717) is 30.1 Å². The van der Waals surface area contributed by atoms with Gasteiger partial charge in [-0.25, -0.2) is 0 Å². The smallest absolute Gasteiger partial charge is 0.252 e. The van der Waals surface area contributed by atoms with E-state index < -0.39 is 10.8 Å². The molecule has 0 spiro atoms. The predicted molar refractivity (Wildman–Crippen MR) is 139 cm³/mol. The second kappa shape index (κ2) is 14.0.